The van der Waals surface area contributed by atoms with E-state index in [1.54, 1.807) is 36.4 Å². The Kier molecular flexibility index (Phi) is 8.16. The maximum atomic E-state index is 13.1. The van der Waals surface area contributed by atoms with Crippen LogP contribution in [0.3, 0.4) is 0 Å². The molecule has 4 rings (SSSR count). The van der Waals surface area contributed by atoms with Crippen LogP contribution in [0.2, 0.25) is 5.02 Å². The number of halogens is 1. The second kappa shape index (κ2) is 11.3. The van der Waals surface area contributed by atoms with Crippen molar-refractivity contribution >= 4 is 44.8 Å². The second-order valence-electron chi connectivity index (χ2n) is 8.89. The molecule has 3 aromatic rings. The smallest absolute Gasteiger partial charge is 0.263 e. The highest BCUT2D eigenvalue weighted by molar-refractivity contribution is 7.92. The Hall–Kier alpha value is -3.40. The van der Waals surface area contributed by atoms with Crippen molar-refractivity contribution < 1.29 is 22.7 Å². The molecule has 10 heteroatoms. The van der Waals surface area contributed by atoms with Gasteiger partial charge in [-0.05, 0) is 80.3 Å². The van der Waals surface area contributed by atoms with Crippen LogP contribution in [-0.4, -0.2) is 39.5 Å². The SMILES string of the molecule is Cc1ccc(NS(=O)(=O)c2cc(C(=O)Nc3ccccc3C(=O)NC[C@@H]3CCCO3)ccc2Cl)cc1C. The van der Waals surface area contributed by atoms with Crippen molar-refractivity contribution in [2.24, 2.45) is 0 Å². The summed E-state index contributed by atoms with van der Waals surface area (Å²) in [7, 11) is -4.08. The second-order valence-corrected chi connectivity index (χ2v) is 11.0. The monoisotopic (exact) mass is 541 g/mol. The number of aryl methyl sites for hydroxylation is 2. The fourth-order valence-electron chi connectivity index (χ4n) is 3.96. The summed E-state index contributed by atoms with van der Waals surface area (Å²) in [4.78, 5) is 25.6. The van der Waals surface area contributed by atoms with Gasteiger partial charge in [-0.3, -0.25) is 14.3 Å². The highest BCUT2D eigenvalue weighted by atomic mass is 35.5. The normalized spacial score (nSPS) is 15.3. The Morgan fingerprint density at radius 2 is 1.78 bits per heavy atom. The molecule has 0 aromatic heterocycles. The molecule has 37 heavy (non-hydrogen) atoms. The van der Waals surface area contributed by atoms with Gasteiger partial charge in [0.2, 0.25) is 0 Å². The van der Waals surface area contributed by atoms with Crippen LogP contribution in [-0.2, 0) is 14.8 Å². The van der Waals surface area contributed by atoms with Crippen molar-refractivity contribution in [2.75, 3.05) is 23.2 Å². The van der Waals surface area contributed by atoms with Crippen molar-refractivity contribution in [1.29, 1.82) is 0 Å². The molecule has 1 aliphatic rings. The van der Waals surface area contributed by atoms with Crippen molar-refractivity contribution in [3.05, 3.63) is 87.9 Å². The van der Waals surface area contributed by atoms with Crippen molar-refractivity contribution in [3.8, 4) is 0 Å². The van der Waals surface area contributed by atoms with E-state index in [0.717, 1.165) is 24.0 Å². The molecule has 1 saturated heterocycles. The maximum absolute atomic E-state index is 13.1. The van der Waals surface area contributed by atoms with Gasteiger partial charge in [0.05, 0.1) is 22.4 Å². The van der Waals surface area contributed by atoms with Gasteiger partial charge in [-0.25, -0.2) is 8.42 Å². The summed E-state index contributed by atoms with van der Waals surface area (Å²) in [5.74, 6) is -0.929. The molecule has 0 unspecified atom stereocenters. The summed E-state index contributed by atoms with van der Waals surface area (Å²) < 4.78 is 34.2. The average molecular weight is 542 g/mol. The molecule has 1 aliphatic heterocycles. The van der Waals surface area contributed by atoms with E-state index >= 15 is 0 Å². The summed E-state index contributed by atoms with van der Waals surface area (Å²) in [6.45, 7) is 4.88. The molecular formula is C27H28ClN3O5S. The van der Waals surface area contributed by atoms with Gasteiger partial charge in [0.15, 0.2) is 0 Å². The minimum absolute atomic E-state index is 0.0161. The quantitative estimate of drug-likeness (QED) is 0.374. The highest BCUT2D eigenvalue weighted by Gasteiger charge is 2.22. The van der Waals surface area contributed by atoms with Crippen molar-refractivity contribution in [1.82, 2.24) is 5.32 Å². The number of ether oxygens (including phenoxy) is 1. The summed E-state index contributed by atoms with van der Waals surface area (Å²) in [5.41, 5.74) is 2.99. The Morgan fingerprint density at radius 3 is 2.51 bits per heavy atom. The van der Waals surface area contributed by atoms with Crippen LogP contribution in [0.5, 0.6) is 0 Å². The van der Waals surface area contributed by atoms with Gasteiger partial charge in [0.25, 0.3) is 21.8 Å². The molecule has 2 amide bonds. The van der Waals surface area contributed by atoms with E-state index in [1.165, 1.54) is 18.2 Å². The molecule has 0 bridgehead atoms. The van der Waals surface area contributed by atoms with Gasteiger partial charge in [0.1, 0.15) is 4.90 Å². The summed E-state index contributed by atoms with van der Waals surface area (Å²) in [5, 5.41) is 5.52. The van der Waals surface area contributed by atoms with Gasteiger partial charge in [-0.15, -0.1) is 0 Å². The topological polar surface area (TPSA) is 114 Å². The number of benzene rings is 3. The minimum Gasteiger partial charge on any atom is -0.376 e. The van der Waals surface area contributed by atoms with Crippen LogP contribution in [0, 0.1) is 13.8 Å². The molecule has 0 spiro atoms. The van der Waals surface area contributed by atoms with E-state index in [-0.39, 0.29) is 33.1 Å². The predicted octanol–water partition coefficient (Wildman–Crippen LogP) is 4.92. The lowest BCUT2D eigenvalue weighted by atomic mass is 10.1. The molecule has 1 heterocycles. The fourth-order valence-corrected chi connectivity index (χ4v) is 5.53. The van der Waals surface area contributed by atoms with E-state index in [0.29, 0.717) is 24.5 Å². The van der Waals surface area contributed by atoms with Crippen molar-refractivity contribution in [2.45, 2.75) is 37.7 Å². The number of carbonyl (C=O) groups excluding carboxylic acids is 2. The van der Waals surface area contributed by atoms with E-state index < -0.39 is 15.9 Å². The van der Waals surface area contributed by atoms with Gasteiger partial charge in [-0.1, -0.05) is 29.8 Å². The zero-order valence-corrected chi connectivity index (χ0v) is 22.1. The van der Waals surface area contributed by atoms with Crippen LogP contribution in [0.1, 0.15) is 44.7 Å². The standard InChI is InChI=1S/C27H28ClN3O5S/c1-17-9-11-20(14-18(17)2)31-37(34,35)25-15-19(10-12-23(25)28)26(32)30-24-8-4-3-7-22(24)27(33)29-16-21-6-5-13-36-21/h3-4,7-12,14-15,21,31H,5-6,13,16H2,1-2H3,(H,29,33)(H,30,32)/t21-/m0/s1. The number of nitrogens with one attached hydrogen (secondary N) is 3. The van der Waals surface area contributed by atoms with E-state index in [1.807, 2.05) is 19.9 Å². The molecule has 194 valence electrons. The number of amides is 2. The van der Waals surface area contributed by atoms with Crippen LogP contribution in [0.25, 0.3) is 0 Å². The Bertz CT molecular complexity index is 1440. The minimum atomic E-state index is -4.08. The molecule has 1 atom stereocenters. The number of para-hydroxylation sites is 1. The number of sulfonamides is 1. The summed E-state index contributed by atoms with van der Waals surface area (Å²) >= 11 is 6.21. The highest BCUT2D eigenvalue weighted by Crippen LogP contribution is 2.27. The Morgan fingerprint density at radius 1 is 1.00 bits per heavy atom. The third-order valence-corrected chi connectivity index (χ3v) is 8.04. The Balaban J connectivity index is 1.52. The van der Waals surface area contributed by atoms with Crippen LogP contribution >= 0.6 is 11.6 Å². The number of hydrogen-bond donors (Lipinski definition) is 3. The lowest BCUT2D eigenvalue weighted by Gasteiger charge is -2.15. The van der Waals surface area contributed by atoms with Gasteiger partial charge < -0.3 is 15.4 Å². The molecule has 8 nitrogen and oxygen atoms in total. The lowest BCUT2D eigenvalue weighted by molar-refractivity contribution is 0.0858. The summed E-state index contributed by atoms with van der Waals surface area (Å²) in [6.07, 6.45) is 1.84. The summed E-state index contributed by atoms with van der Waals surface area (Å²) in [6, 6.07) is 15.8. The first-order chi connectivity index (χ1) is 17.6. The molecule has 0 radical (unpaired) electrons. The lowest BCUT2D eigenvalue weighted by Crippen LogP contribution is -2.32. The third kappa shape index (κ3) is 6.49. The average Bonchev–Trinajstić information content (AvgIpc) is 3.39. The van der Waals surface area contributed by atoms with Gasteiger partial charge >= 0.3 is 0 Å². The number of carbonyl (C=O) groups is 2. The molecule has 0 saturated carbocycles. The zero-order chi connectivity index (χ0) is 26.6. The third-order valence-electron chi connectivity index (χ3n) is 6.18. The van der Waals surface area contributed by atoms with Gasteiger partial charge in [-0.2, -0.15) is 0 Å². The molecule has 3 N–H and O–H groups in total. The Labute approximate surface area is 221 Å². The first-order valence-electron chi connectivity index (χ1n) is 11.8. The molecular weight excluding hydrogens is 514 g/mol. The van der Waals surface area contributed by atoms with Crippen LogP contribution in [0.15, 0.2) is 65.6 Å². The zero-order valence-electron chi connectivity index (χ0n) is 20.5. The largest absolute Gasteiger partial charge is 0.376 e. The number of rotatable bonds is 8. The van der Waals surface area contributed by atoms with Crippen LogP contribution < -0.4 is 15.4 Å². The van der Waals surface area contributed by atoms with Crippen LogP contribution in [0.4, 0.5) is 11.4 Å². The first-order valence-corrected chi connectivity index (χ1v) is 13.7. The predicted molar refractivity (Wildman–Crippen MR) is 144 cm³/mol. The maximum Gasteiger partial charge on any atom is 0.263 e. The van der Waals surface area contributed by atoms with E-state index in [9.17, 15) is 18.0 Å². The fraction of sp³-hybridized carbons (Fsp3) is 0.259. The number of hydrogen-bond acceptors (Lipinski definition) is 5. The van der Waals surface area contributed by atoms with Crippen molar-refractivity contribution in [3.63, 3.8) is 0 Å². The first kappa shape index (κ1) is 26.7. The molecule has 0 aliphatic carbocycles. The molecule has 1 fully saturated rings. The van der Waals surface area contributed by atoms with E-state index in [2.05, 4.69) is 15.4 Å². The van der Waals surface area contributed by atoms with E-state index in [4.69, 9.17) is 16.3 Å². The van der Waals surface area contributed by atoms with Gasteiger partial charge in [0, 0.05) is 24.4 Å². The molecule has 3 aromatic carbocycles. The number of anilines is 2.